The molecule has 1 aromatic heterocycles. The monoisotopic (exact) mass is 478 g/mol. The van der Waals surface area contributed by atoms with Crippen LogP contribution in [0.5, 0.6) is 11.5 Å². The van der Waals surface area contributed by atoms with Crippen LogP contribution in [0.15, 0.2) is 60.8 Å². The number of ether oxygens (including phenoxy) is 2. The minimum atomic E-state index is -4.92. The van der Waals surface area contributed by atoms with E-state index >= 15 is 0 Å². The van der Waals surface area contributed by atoms with E-state index < -0.39 is 23.6 Å². The Balaban J connectivity index is 1.75. The number of aromatic nitrogens is 1. The fourth-order valence-electron chi connectivity index (χ4n) is 3.78. The van der Waals surface area contributed by atoms with Gasteiger partial charge < -0.3 is 19.5 Å². The predicted molar refractivity (Wildman–Crippen MR) is 114 cm³/mol. The largest absolute Gasteiger partial charge is 0.573 e. The Labute approximate surface area is 192 Å². The highest BCUT2D eigenvalue weighted by Crippen LogP contribution is 2.45. The highest BCUT2D eigenvalue weighted by molar-refractivity contribution is 6.30. The summed E-state index contributed by atoms with van der Waals surface area (Å²) >= 11 is 6.00. The summed E-state index contributed by atoms with van der Waals surface area (Å²) in [6.07, 6.45) is -3.79. The molecule has 1 atom stereocenters. The van der Waals surface area contributed by atoms with Crippen molar-refractivity contribution in [2.75, 3.05) is 12.0 Å². The molecule has 0 spiro atoms. The first-order chi connectivity index (χ1) is 15.6. The Morgan fingerprint density at radius 3 is 2.42 bits per heavy atom. The van der Waals surface area contributed by atoms with Crippen molar-refractivity contribution >= 4 is 23.2 Å². The zero-order chi connectivity index (χ0) is 23.8. The molecule has 33 heavy (non-hydrogen) atoms. The molecular formula is C23H18ClF3N2O4. The van der Waals surface area contributed by atoms with E-state index in [9.17, 15) is 23.1 Å². The maximum absolute atomic E-state index is 13.4. The molecule has 1 aliphatic rings. The molecule has 1 aliphatic heterocycles. The Kier molecular flexibility index (Phi) is 5.94. The molecule has 1 N–H and O–H groups in total. The van der Waals surface area contributed by atoms with Gasteiger partial charge >= 0.3 is 6.36 Å². The molecule has 0 saturated carbocycles. The first-order valence-corrected chi connectivity index (χ1v) is 10.1. The second-order valence-corrected chi connectivity index (χ2v) is 7.91. The van der Waals surface area contributed by atoms with Crippen LogP contribution in [-0.4, -0.2) is 29.5 Å². The van der Waals surface area contributed by atoms with E-state index in [4.69, 9.17) is 16.3 Å². The van der Waals surface area contributed by atoms with E-state index in [1.54, 1.807) is 24.3 Å². The third-order valence-electron chi connectivity index (χ3n) is 5.25. The molecule has 1 amide bonds. The van der Waals surface area contributed by atoms with Gasteiger partial charge in [0.05, 0.1) is 19.3 Å². The third-order valence-corrected chi connectivity index (χ3v) is 5.49. The Morgan fingerprint density at radius 1 is 1.09 bits per heavy atom. The SMILES string of the molecule is COc1ccc(CN2C(=O)C(O)(Cc3cc(Cl)ccn3)c3cc(OC(F)(F)F)ccc32)cc1. The van der Waals surface area contributed by atoms with Gasteiger partial charge in [-0.2, -0.15) is 0 Å². The molecule has 0 aliphatic carbocycles. The van der Waals surface area contributed by atoms with Crippen molar-refractivity contribution in [3.05, 3.63) is 82.6 Å². The van der Waals surface area contributed by atoms with Crippen LogP contribution in [-0.2, 0) is 23.4 Å². The fourth-order valence-corrected chi connectivity index (χ4v) is 3.96. The fraction of sp³-hybridized carbons (Fsp3) is 0.217. The van der Waals surface area contributed by atoms with Crippen LogP contribution in [0.1, 0.15) is 16.8 Å². The third kappa shape index (κ3) is 4.74. The van der Waals surface area contributed by atoms with Crippen LogP contribution >= 0.6 is 11.6 Å². The number of methoxy groups -OCH3 is 1. The van der Waals surface area contributed by atoms with Gasteiger partial charge in [-0.25, -0.2) is 0 Å². The zero-order valence-electron chi connectivity index (χ0n) is 17.3. The van der Waals surface area contributed by atoms with Gasteiger partial charge in [-0.15, -0.1) is 13.2 Å². The Hall–Kier alpha value is -3.30. The molecule has 0 bridgehead atoms. The number of alkyl halides is 3. The Bertz CT molecular complexity index is 1190. The number of aliphatic hydroxyl groups is 1. The molecule has 3 aromatic rings. The van der Waals surface area contributed by atoms with Gasteiger partial charge in [0.2, 0.25) is 0 Å². The van der Waals surface area contributed by atoms with Crippen LogP contribution < -0.4 is 14.4 Å². The number of hydrogen-bond acceptors (Lipinski definition) is 5. The van der Waals surface area contributed by atoms with Crippen molar-refractivity contribution < 1.29 is 32.5 Å². The van der Waals surface area contributed by atoms with E-state index in [1.807, 2.05) is 0 Å². The molecule has 2 aromatic carbocycles. The minimum absolute atomic E-state index is 0.00969. The molecule has 0 saturated heterocycles. The molecule has 1 unspecified atom stereocenters. The normalized spacial score (nSPS) is 17.8. The number of fused-ring (bicyclic) bond motifs is 1. The van der Waals surface area contributed by atoms with Gasteiger partial charge in [0.15, 0.2) is 5.60 Å². The number of nitrogens with zero attached hydrogens (tertiary/aromatic N) is 2. The number of amides is 1. The van der Waals surface area contributed by atoms with Crippen molar-refractivity contribution in [2.24, 2.45) is 0 Å². The summed E-state index contributed by atoms with van der Waals surface area (Å²) in [4.78, 5) is 18.9. The minimum Gasteiger partial charge on any atom is -0.497 e. The van der Waals surface area contributed by atoms with Crippen LogP contribution in [0, 0.1) is 0 Å². The highest BCUT2D eigenvalue weighted by Gasteiger charge is 2.50. The van der Waals surface area contributed by atoms with Crippen LogP contribution in [0.25, 0.3) is 0 Å². The van der Waals surface area contributed by atoms with Crippen molar-refractivity contribution in [3.8, 4) is 11.5 Å². The van der Waals surface area contributed by atoms with E-state index in [-0.39, 0.29) is 24.2 Å². The van der Waals surface area contributed by atoms with Crippen LogP contribution in [0.2, 0.25) is 5.02 Å². The van der Waals surface area contributed by atoms with Gasteiger partial charge in [0, 0.05) is 28.9 Å². The lowest BCUT2D eigenvalue weighted by Crippen LogP contribution is -2.41. The first kappa shape index (κ1) is 22.9. The zero-order valence-corrected chi connectivity index (χ0v) is 18.0. The second-order valence-electron chi connectivity index (χ2n) is 7.47. The van der Waals surface area contributed by atoms with Crippen LogP contribution in [0.3, 0.4) is 0 Å². The van der Waals surface area contributed by atoms with E-state index in [0.29, 0.717) is 16.5 Å². The average Bonchev–Trinajstić information content (AvgIpc) is 2.95. The van der Waals surface area contributed by atoms with Crippen LogP contribution in [0.4, 0.5) is 18.9 Å². The summed E-state index contributed by atoms with van der Waals surface area (Å²) in [6, 6.07) is 13.4. The number of anilines is 1. The summed E-state index contributed by atoms with van der Waals surface area (Å²) in [6.45, 7) is 0.0839. The highest BCUT2D eigenvalue weighted by atomic mass is 35.5. The number of rotatable bonds is 6. The summed E-state index contributed by atoms with van der Waals surface area (Å²) < 4.78 is 47.5. The lowest BCUT2D eigenvalue weighted by Gasteiger charge is -2.23. The van der Waals surface area contributed by atoms with Crippen molar-refractivity contribution in [2.45, 2.75) is 24.9 Å². The lowest BCUT2D eigenvalue weighted by atomic mass is 9.90. The molecule has 0 radical (unpaired) electrons. The van der Waals surface area contributed by atoms with E-state index in [0.717, 1.165) is 17.7 Å². The standard InChI is InChI=1S/C23H18ClF3N2O4/c1-32-17-4-2-14(3-5-17)13-29-20-7-6-18(33-23(25,26)27)11-19(20)22(31,21(29)30)12-16-10-15(24)8-9-28-16/h2-11,31H,12-13H2,1H3. The summed E-state index contributed by atoms with van der Waals surface area (Å²) in [5.41, 5.74) is -0.863. The number of pyridine rings is 1. The molecule has 4 rings (SSSR count). The molecule has 10 heteroatoms. The summed E-state index contributed by atoms with van der Waals surface area (Å²) in [7, 11) is 1.53. The second kappa shape index (κ2) is 8.57. The molecule has 0 fully saturated rings. The number of hydrogen-bond donors (Lipinski definition) is 1. The van der Waals surface area contributed by atoms with Crippen molar-refractivity contribution in [1.29, 1.82) is 0 Å². The molecular weight excluding hydrogens is 461 g/mol. The molecule has 2 heterocycles. The van der Waals surface area contributed by atoms with Gasteiger partial charge in [0.25, 0.3) is 5.91 Å². The first-order valence-electron chi connectivity index (χ1n) is 9.77. The Morgan fingerprint density at radius 2 is 1.79 bits per heavy atom. The van der Waals surface area contributed by atoms with Crippen molar-refractivity contribution in [3.63, 3.8) is 0 Å². The number of halogens is 4. The molecule has 172 valence electrons. The number of carbonyl (C=O) groups excluding carboxylic acids is 1. The summed E-state index contributed by atoms with van der Waals surface area (Å²) in [5, 5.41) is 11.8. The molecule has 6 nitrogen and oxygen atoms in total. The van der Waals surface area contributed by atoms with E-state index in [1.165, 1.54) is 36.4 Å². The van der Waals surface area contributed by atoms with Gasteiger partial charge in [-0.1, -0.05) is 23.7 Å². The van der Waals surface area contributed by atoms with Gasteiger partial charge in [-0.3, -0.25) is 9.78 Å². The summed E-state index contributed by atoms with van der Waals surface area (Å²) in [5.74, 6) is -0.610. The van der Waals surface area contributed by atoms with Gasteiger partial charge in [-0.05, 0) is 48.0 Å². The lowest BCUT2D eigenvalue weighted by molar-refractivity contribution is -0.274. The predicted octanol–water partition coefficient (Wildman–Crippen LogP) is 4.62. The number of benzene rings is 2. The topological polar surface area (TPSA) is 71.9 Å². The smallest absolute Gasteiger partial charge is 0.497 e. The average molecular weight is 479 g/mol. The number of carbonyl (C=O) groups is 1. The quantitative estimate of drug-likeness (QED) is 0.560. The van der Waals surface area contributed by atoms with E-state index in [2.05, 4.69) is 9.72 Å². The van der Waals surface area contributed by atoms with Gasteiger partial charge in [0.1, 0.15) is 11.5 Å². The maximum atomic E-state index is 13.4. The maximum Gasteiger partial charge on any atom is 0.573 e. The van der Waals surface area contributed by atoms with Crippen molar-refractivity contribution in [1.82, 2.24) is 4.98 Å².